The predicted molar refractivity (Wildman–Crippen MR) is 75.9 cm³/mol. The first-order chi connectivity index (χ1) is 10.0. The average Bonchev–Trinajstić information content (AvgIpc) is 2.46. The topological polar surface area (TPSA) is 76.1 Å². The van der Waals surface area contributed by atoms with Crippen LogP contribution in [0.4, 0.5) is 0 Å². The molecular formula is C15H19NO5. The largest absolute Gasteiger partial charge is 0.486 e. The van der Waals surface area contributed by atoms with E-state index in [1.54, 1.807) is 30.0 Å². The van der Waals surface area contributed by atoms with Gasteiger partial charge in [0.15, 0.2) is 11.5 Å². The highest BCUT2D eigenvalue weighted by Gasteiger charge is 2.23. The number of carbonyl (C=O) groups is 2. The lowest BCUT2D eigenvalue weighted by Crippen LogP contribution is -2.39. The molecule has 0 aromatic heterocycles. The molecule has 1 N–H and O–H groups in total. The van der Waals surface area contributed by atoms with E-state index in [0.29, 0.717) is 36.8 Å². The fourth-order valence-corrected chi connectivity index (χ4v) is 2.36. The Morgan fingerprint density at radius 2 is 1.95 bits per heavy atom. The third kappa shape index (κ3) is 3.45. The number of hydrogen-bond donors (Lipinski definition) is 1. The van der Waals surface area contributed by atoms with E-state index in [1.807, 2.05) is 6.92 Å². The molecule has 0 bridgehead atoms. The second-order valence-electron chi connectivity index (χ2n) is 4.90. The molecule has 1 heterocycles. The fraction of sp³-hybridized carbons (Fsp3) is 0.467. The monoisotopic (exact) mass is 293 g/mol. The average molecular weight is 293 g/mol. The van der Waals surface area contributed by atoms with Crippen LogP contribution in [0.15, 0.2) is 18.2 Å². The van der Waals surface area contributed by atoms with E-state index in [9.17, 15) is 9.59 Å². The van der Waals surface area contributed by atoms with Crippen molar-refractivity contribution in [1.29, 1.82) is 0 Å². The number of aliphatic carboxylic acids is 1. The van der Waals surface area contributed by atoms with Gasteiger partial charge in [0.1, 0.15) is 13.2 Å². The molecule has 21 heavy (non-hydrogen) atoms. The van der Waals surface area contributed by atoms with Gasteiger partial charge in [0, 0.05) is 18.2 Å². The highest BCUT2D eigenvalue weighted by atomic mass is 16.6. The van der Waals surface area contributed by atoms with Gasteiger partial charge in [0.25, 0.3) is 5.91 Å². The number of fused-ring (bicyclic) bond motifs is 1. The van der Waals surface area contributed by atoms with E-state index in [1.165, 1.54) is 0 Å². The third-order valence-corrected chi connectivity index (χ3v) is 3.39. The van der Waals surface area contributed by atoms with E-state index in [2.05, 4.69) is 0 Å². The molecule has 1 aliphatic rings. The molecule has 0 spiro atoms. The van der Waals surface area contributed by atoms with Gasteiger partial charge >= 0.3 is 5.97 Å². The standard InChI is InChI=1S/C15H19NO5/c1-3-16(10(2)8-14(17)18)15(19)11-4-5-12-13(9-11)21-7-6-20-12/h4-5,9-10H,3,6-8H2,1-2H3,(H,17,18). The van der Waals surface area contributed by atoms with Gasteiger partial charge in [-0.1, -0.05) is 0 Å². The summed E-state index contributed by atoms with van der Waals surface area (Å²) in [6.45, 7) is 4.96. The molecule has 1 aromatic carbocycles. The summed E-state index contributed by atoms with van der Waals surface area (Å²) in [6.07, 6.45) is -0.0792. The van der Waals surface area contributed by atoms with Crippen LogP contribution in [0.2, 0.25) is 0 Å². The molecule has 6 nitrogen and oxygen atoms in total. The molecular weight excluding hydrogens is 274 g/mol. The van der Waals surface area contributed by atoms with Crippen LogP contribution in [0.5, 0.6) is 11.5 Å². The van der Waals surface area contributed by atoms with Crippen molar-refractivity contribution in [3.05, 3.63) is 23.8 Å². The zero-order valence-electron chi connectivity index (χ0n) is 12.2. The smallest absolute Gasteiger partial charge is 0.305 e. The Morgan fingerprint density at radius 3 is 2.57 bits per heavy atom. The molecule has 114 valence electrons. The Bertz CT molecular complexity index is 543. The van der Waals surface area contributed by atoms with Gasteiger partial charge in [-0.05, 0) is 32.0 Å². The van der Waals surface area contributed by atoms with Gasteiger partial charge in [-0.15, -0.1) is 0 Å². The summed E-state index contributed by atoms with van der Waals surface area (Å²) in [5.74, 6) is 0.0487. The van der Waals surface area contributed by atoms with Gasteiger partial charge in [0.05, 0.1) is 6.42 Å². The minimum atomic E-state index is -0.920. The van der Waals surface area contributed by atoms with Crippen molar-refractivity contribution in [3.8, 4) is 11.5 Å². The zero-order valence-corrected chi connectivity index (χ0v) is 12.2. The van der Waals surface area contributed by atoms with Crippen molar-refractivity contribution in [3.63, 3.8) is 0 Å². The van der Waals surface area contributed by atoms with E-state index in [-0.39, 0.29) is 18.4 Å². The Labute approximate surface area is 123 Å². The van der Waals surface area contributed by atoms with Crippen LogP contribution in [-0.2, 0) is 4.79 Å². The lowest BCUT2D eigenvalue weighted by atomic mass is 10.1. The van der Waals surface area contributed by atoms with Gasteiger partial charge in [-0.2, -0.15) is 0 Å². The fourth-order valence-electron chi connectivity index (χ4n) is 2.36. The summed E-state index contributed by atoms with van der Waals surface area (Å²) >= 11 is 0. The number of carboxylic acids is 1. The molecule has 1 unspecified atom stereocenters. The second kappa shape index (κ2) is 6.47. The number of ether oxygens (including phenoxy) is 2. The quantitative estimate of drug-likeness (QED) is 0.895. The molecule has 0 saturated carbocycles. The molecule has 6 heteroatoms. The number of benzene rings is 1. The Morgan fingerprint density at radius 1 is 1.29 bits per heavy atom. The Hall–Kier alpha value is -2.24. The number of carboxylic acid groups (broad SMARTS) is 1. The van der Waals surface area contributed by atoms with Crippen LogP contribution in [0.1, 0.15) is 30.6 Å². The normalized spacial score (nSPS) is 14.4. The van der Waals surface area contributed by atoms with Crippen LogP contribution < -0.4 is 9.47 Å². The summed E-state index contributed by atoms with van der Waals surface area (Å²) in [4.78, 5) is 24.9. The first-order valence-electron chi connectivity index (χ1n) is 6.95. The summed E-state index contributed by atoms with van der Waals surface area (Å²) in [6, 6.07) is 4.66. The number of nitrogens with zero attached hydrogens (tertiary/aromatic N) is 1. The first-order valence-corrected chi connectivity index (χ1v) is 6.95. The van der Waals surface area contributed by atoms with Crippen molar-refractivity contribution in [2.45, 2.75) is 26.3 Å². The molecule has 0 saturated heterocycles. The molecule has 0 fully saturated rings. The third-order valence-electron chi connectivity index (χ3n) is 3.39. The van der Waals surface area contributed by atoms with E-state index in [0.717, 1.165) is 0 Å². The number of rotatable bonds is 5. The SMILES string of the molecule is CCN(C(=O)c1ccc2c(c1)OCCO2)C(C)CC(=O)O. The summed E-state index contributed by atoms with van der Waals surface area (Å²) in [7, 11) is 0. The molecule has 1 atom stereocenters. The maximum atomic E-state index is 12.5. The highest BCUT2D eigenvalue weighted by molar-refractivity contribution is 5.95. The summed E-state index contributed by atoms with van der Waals surface area (Å²) < 4.78 is 10.9. The van der Waals surface area contributed by atoms with Gasteiger partial charge in [-0.3, -0.25) is 9.59 Å². The van der Waals surface area contributed by atoms with Crippen LogP contribution in [-0.4, -0.2) is 47.7 Å². The maximum Gasteiger partial charge on any atom is 0.305 e. The molecule has 0 aliphatic carbocycles. The van der Waals surface area contributed by atoms with E-state index < -0.39 is 5.97 Å². The lowest BCUT2D eigenvalue weighted by Gasteiger charge is -2.27. The van der Waals surface area contributed by atoms with E-state index >= 15 is 0 Å². The van der Waals surface area contributed by atoms with Crippen molar-refractivity contribution in [2.75, 3.05) is 19.8 Å². The predicted octanol–water partition coefficient (Wildman–Crippen LogP) is 1.78. The van der Waals surface area contributed by atoms with Gasteiger partial charge in [-0.25, -0.2) is 0 Å². The summed E-state index contributed by atoms with van der Waals surface area (Å²) in [5, 5.41) is 8.86. The van der Waals surface area contributed by atoms with Crippen molar-refractivity contribution >= 4 is 11.9 Å². The lowest BCUT2D eigenvalue weighted by molar-refractivity contribution is -0.138. The minimum Gasteiger partial charge on any atom is -0.486 e. The molecule has 1 aliphatic heterocycles. The number of amides is 1. The maximum absolute atomic E-state index is 12.5. The summed E-state index contributed by atoms with van der Waals surface area (Å²) in [5.41, 5.74) is 0.471. The Balaban J connectivity index is 2.19. The van der Waals surface area contributed by atoms with Gasteiger partial charge in [0.2, 0.25) is 0 Å². The number of hydrogen-bond acceptors (Lipinski definition) is 4. The Kier molecular flexibility index (Phi) is 4.67. The molecule has 2 rings (SSSR count). The van der Waals surface area contributed by atoms with Crippen LogP contribution in [0, 0.1) is 0 Å². The van der Waals surface area contributed by atoms with Crippen LogP contribution in [0.3, 0.4) is 0 Å². The molecule has 1 aromatic rings. The zero-order chi connectivity index (χ0) is 15.4. The molecule has 1 amide bonds. The second-order valence-corrected chi connectivity index (χ2v) is 4.90. The number of carbonyl (C=O) groups excluding carboxylic acids is 1. The minimum absolute atomic E-state index is 0.0792. The van der Waals surface area contributed by atoms with Crippen LogP contribution >= 0.6 is 0 Å². The first kappa shape index (κ1) is 15.2. The molecule has 0 radical (unpaired) electrons. The van der Waals surface area contributed by atoms with Crippen molar-refractivity contribution in [2.24, 2.45) is 0 Å². The van der Waals surface area contributed by atoms with Crippen molar-refractivity contribution < 1.29 is 24.2 Å². The van der Waals surface area contributed by atoms with E-state index in [4.69, 9.17) is 14.6 Å². The van der Waals surface area contributed by atoms with Crippen LogP contribution in [0.25, 0.3) is 0 Å². The van der Waals surface area contributed by atoms with Crippen molar-refractivity contribution in [1.82, 2.24) is 4.90 Å². The van der Waals surface area contributed by atoms with Gasteiger partial charge < -0.3 is 19.5 Å². The highest BCUT2D eigenvalue weighted by Crippen LogP contribution is 2.31.